The molecule has 3 aromatic rings. The fourth-order valence-corrected chi connectivity index (χ4v) is 2.49. The quantitative estimate of drug-likeness (QED) is 0.710. The van der Waals surface area contributed by atoms with E-state index in [-0.39, 0.29) is 12.0 Å². The number of carbonyl (C=O) groups is 2. The van der Waals surface area contributed by atoms with Gasteiger partial charge >= 0.3 is 5.97 Å². The van der Waals surface area contributed by atoms with Gasteiger partial charge in [-0.05, 0) is 6.07 Å². The molecule has 1 atom stereocenters. The monoisotopic (exact) mass is 354 g/mol. The number of aromatic nitrogens is 1. The van der Waals surface area contributed by atoms with Crippen LogP contribution in [0.4, 0.5) is 4.39 Å². The lowest BCUT2D eigenvalue weighted by Gasteiger charge is -2.15. The Morgan fingerprint density at radius 1 is 1.12 bits per heavy atom. The van der Waals surface area contributed by atoms with E-state index in [4.69, 9.17) is 4.52 Å². The van der Waals surface area contributed by atoms with Crippen LogP contribution in [0.3, 0.4) is 0 Å². The molecule has 3 rings (SSSR count). The predicted molar refractivity (Wildman–Crippen MR) is 90.6 cm³/mol. The summed E-state index contributed by atoms with van der Waals surface area (Å²) in [6, 6.07) is 14.8. The van der Waals surface area contributed by atoms with E-state index in [1.54, 1.807) is 6.07 Å². The number of nitrogens with zero attached hydrogens (tertiary/aromatic N) is 1. The highest BCUT2D eigenvalue weighted by molar-refractivity contribution is 5.85. The van der Waals surface area contributed by atoms with Crippen molar-refractivity contribution in [2.75, 3.05) is 0 Å². The van der Waals surface area contributed by atoms with Crippen molar-refractivity contribution in [1.82, 2.24) is 10.5 Å². The summed E-state index contributed by atoms with van der Waals surface area (Å²) in [7, 11) is 0. The Bertz CT molecular complexity index is 924. The summed E-state index contributed by atoms with van der Waals surface area (Å²) in [4.78, 5) is 23.6. The van der Waals surface area contributed by atoms with Crippen LogP contribution in [-0.2, 0) is 16.0 Å². The molecule has 1 amide bonds. The minimum Gasteiger partial charge on any atom is -0.479 e. The van der Waals surface area contributed by atoms with Crippen LogP contribution in [0.25, 0.3) is 11.3 Å². The number of carbonyl (C=O) groups excluding carboxylic acids is 1. The molecule has 0 radical (unpaired) electrons. The van der Waals surface area contributed by atoms with Crippen LogP contribution in [0.1, 0.15) is 17.3 Å². The molecule has 0 saturated carbocycles. The van der Waals surface area contributed by atoms with Gasteiger partial charge in [0.25, 0.3) is 0 Å². The van der Waals surface area contributed by atoms with Crippen LogP contribution in [-0.4, -0.2) is 22.1 Å². The van der Waals surface area contributed by atoms with Crippen molar-refractivity contribution in [1.29, 1.82) is 0 Å². The fourth-order valence-electron chi connectivity index (χ4n) is 2.49. The van der Waals surface area contributed by atoms with Crippen LogP contribution in [0.15, 0.2) is 65.2 Å². The second kappa shape index (κ2) is 7.60. The Kier molecular flexibility index (Phi) is 5.07. The first-order valence-electron chi connectivity index (χ1n) is 7.82. The van der Waals surface area contributed by atoms with Crippen molar-refractivity contribution in [3.63, 3.8) is 0 Å². The average Bonchev–Trinajstić information content (AvgIpc) is 3.09. The van der Waals surface area contributed by atoms with E-state index in [1.165, 1.54) is 18.2 Å². The SMILES string of the molecule is O=C(Cc1cc(-c2ccccc2)on1)NC(C(=O)O)c1ccccc1F. The molecule has 0 saturated heterocycles. The summed E-state index contributed by atoms with van der Waals surface area (Å²) in [5.74, 6) is -2.16. The number of benzene rings is 2. The highest BCUT2D eigenvalue weighted by Gasteiger charge is 2.25. The maximum atomic E-state index is 13.8. The van der Waals surface area contributed by atoms with E-state index in [1.807, 2.05) is 30.3 Å². The van der Waals surface area contributed by atoms with Crippen molar-refractivity contribution < 1.29 is 23.6 Å². The Labute approximate surface area is 148 Å². The number of rotatable bonds is 6. The van der Waals surface area contributed by atoms with Crippen LogP contribution in [0, 0.1) is 5.82 Å². The number of aliphatic carboxylic acids is 1. The summed E-state index contributed by atoms with van der Waals surface area (Å²) in [6.07, 6.45) is -0.186. The number of halogens is 1. The molecule has 0 spiro atoms. The molecule has 7 heteroatoms. The zero-order valence-electron chi connectivity index (χ0n) is 13.6. The van der Waals surface area contributed by atoms with Gasteiger partial charge in [0.15, 0.2) is 11.8 Å². The minimum atomic E-state index is -1.48. The molecule has 1 aromatic heterocycles. The van der Waals surface area contributed by atoms with Gasteiger partial charge in [-0.2, -0.15) is 0 Å². The Morgan fingerprint density at radius 3 is 2.50 bits per heavy atom. The zero-order chi connectivity index (χ0) is 18.5. The molecule has 2 N–H and O–H groups in total. The summed E-state index contributed by atoms with van der Waals surface area (Å²) in [5.41, 5.74) is 1.04. The van der Waals surface area contributed by atoms with Crippen LogP contribution >= 0.6 is 0 Å². The first kappa shape index (κ1) is 17.3. The average molecular weight is 354 g/mol. The van der Waals surface area contributed by atoms with Gasteiger partial charge in [-0.15, -0.1) is 0 Å². The number of hydrogen-bond acceptors (Lipinski definition) is 4. The lowest BCUT2D eigenvalue weighted by atomic mass is 10.1. The normalized spacial score (nSPS) is 11.7. The van der Waals surface area contributed by atoms with Crippen LogP contribution < -0.4 is 5.32 Å². The number of hydrogen-bond donors (Lipinski definition) is 2. The van der Waals surface area contributed by atoms with E-state index in [9.17, 15) is 19.1 Å². The third-order valence-electron chi connectivity index (χ3n) is 3.73. The fraction of sp³-hybridized carbons (Fsp3) is 0.105. The zero-order valence-corrected chi connectivity index (χ0v) is 13.6. The smallest absolute Gasteiger partial charge is 0.331 e. The summed E-state index contributed by atoms with van der Waals surface area (Å²) in [6.45, 7) is 0. The molecule has 1 heterocycles. The molecule has 0 aliphatic heterocycles. The number of carboxylic acid groups (broad SMARTS) is 1. The summed E-state index contributed by atoms with van der Waals surface area (Å²) >= 11 is 0. The summed E-state index contributed by atoms with van der Waals surface area (Å²) < 4.78 is 19.0. The van der Waals surface area contributed by atoms with Gasteiger partial charge in [0.2, 0.25) is 5.91 Å². The van der Waals surface area contributed by atoms with Gasteiger partial charge in [0.1, 0.15) is 5.82 Å². The van der Waals surface area contributed by atoms with E-state index in [0.29, 0.717) is 11.5 Å². The molecule has 2 aromatic carbocycles. The molecule has 26 heavy (non-hydrogen) atoms. The first-order chi connectivity index (χ1) is 12.5. The van der Waals surface area contributed by atoms with E-state index in [2.05, 4.69) is 10.5 Å². The van der Waals surface area contributed by atoms with Crippen molar-refractivity contribution in [3.05, 3.63) is 77.7 Å². The molecule has 6 nitrogen and oxygen atoms in total. The van der Waals surface area contributed by atoms with Gasteiger partial charge in [-0.1, -0.05) is 53.7 Å². The number of carboxylic acids is 1. The standard InChI is InChI=1S/C19H15FN2O4/c20-15-9-5-4-8-14(15)18(19(24)25)21-17(23)11-13-10-16(26-22-13)12-6-2-1-3-7-12/h1-10,18H,11H2,(H,21,23)(H,24,25). The molecule has 0 bridgehead atoms. The van der Waals surface area contributed by atoms with Gasteiger partial charge in [-0.25, -0.2) is 9.18 Å². The summed E-state index contributed by atoms with van der Waals surface area (Å²) in [5, 5.41) is 15.4. The maximum absolute atomic E-state index is 13.8. The molecular weight excluding hydrogens is 339 g/mol. The minimum absolute atomic E-state index is 0.113. The molecule has 1 unspecified atom stereocenters. The van der Waals surface area contributed by atoms with Gasteiger partial charge in [0, 0.05) is 17.2 Å². The van der Waals surface area contributed by atoms with E-state index in [0.717, 1.165) is 11.6 Å². The molecule has 0 aliphatic rings. The predicted octanol–water partition coefficient (Wildman–Crippen LogP) is 2.97. The highest BCUT2D eigenvalue weighted by Crippen LogP contribution is 2.21. The van der Waals surface area contributed by atoms with Crippen molar-refractivity contribution >= 4 is 11.9 Å². The molecule has 0 aliphatic carbocycles. The van der Waals surface area contributed by atoms with Crippen molar-refractivity contribution in [2.24, 2.45) is 0 Å². The van der Waals surface area contributed by atoms with Crippen molar-refractivity contribution in [3.8, 4) is 11.3 Å². The molecule has 132 valence electrons. The topological polar surface area (TPSA) is 92.4 Å². The Hall–Kier alpha value is -3.48. The first-order valence-corrected chi connectivity index (χ1v) is 7.82. The Morgan fingerprint density at radius 2 is 1.81 bits per heavy atom. The van der Waals surface area contributed by atoms with Crippen LogP contribution in [0.5, 0.6) is 0 Å². The van der Waals surface area contributed by atoms with E-state index >= 15 is 0 Å². The number of nitrogens with one attached hydrogen (secondary N) is 1. The van der Waals surface area contributed by atoms with Crippen molar-refractivity contribution in [2.45, 2.75) is 12.5 Å². The second-order valence-corrected chi connectivity index (χ2v) is 5.59. The van der Waals surface area contributed by atoms with Gasteiger partial charge in [-0.3, -0.25) is 4.79 Å². The van der Waals surface area contributed by atoms with Crippen LogP contribution in [0.2, 0.25) is 0 Å². The maximum Gasteiger partial charge on any atom is 0.331 e. The highest BCUT2D eigenvalue weighted by atomic mass is 19.1. The molecule has 0 fully saturated rings. The largest absolute Gasteiger partial charge is 0.479 e. The Balaban J connectivity index is 1.71. The van der Waals surface area contributed by atoms with Gasteiger partial charge in [0.05, 0.1) is 12.1 Å². The lowest BCUT2D eigenvalue weighted by molar-refractivity contribution is -0.142. The third kappa shape index (κ3) is 3.94. The lowest BCUT2D eigenvalue weighted by Crippen LogP contribution is -2.35. The molecular formula is C19H15FN2O4. The number of amides is 1. The second-order valence-electron chi connectivity index (χ2n) is 5.59. The van der Waals surface area contributed by atoms with E-state index < -0.39 is 23.7 Å². The third-order valence-corrected chi connectivity index (χ3v) is 3.73. The van der Waals surface area contributed by atoms with Gasteiger partial charge < -0.3 is 14.9 Å².